The van der Waals surface area contributed by atoms with Gasteiger partial charge >= 0.3 is 0 Å². The van der Waals surface area contributed by atoms with Crippen LogP contribution in [0, 0.1) is 18.3 Å². The van der Waals surface area contributed by atoms with E-state index < -0.39 is 0 Å². The lowest BCUT2D eigenvalue weighted by Gasteiger charge is -2.07. The summed E-state index contributed by atoms with van der Waals surface area (Å²) in [5.74, 6) is 1.28. The van der Waals surface area contributed by atoms with Crippen LogP contribution in [0.4, 0.5) is 5.69 Å². The Morgan fingerprint density at radius 3 is 2.67 bits per heavy atom. The number of nitriles is 1. The number of hydrogen-bond donors (Lipinski definition) is 1. The Morgan fingerprint density at radius 2 is 2.00 bits per heavy atom. The van der Waals surface area contributed by atoms with Gasteiger partial charge in [-0.15, -0.1) is 0 Å². The van der Waals surface area contributed by atoms with E-state index in [4.69, 9.17) is 5.26 Å². The largest absolute Gasteiger partial charge is 0.385 e. The molecule has 1 rings (SSSR count). The Morgan fingerprint density at radius 1 is 1.22 bits per heavy atom. The fourth-order valence-corrected chi connectivity index (χ4v) is 2.35. The molecule has 0 aliphatic rings. The Bertz CT molecular complexity index is 396. The van der Waals surface area contributed by atoms with Crippen LogP contribution in [0.25, 0.3) is 0 Å². The first-order valence-corrected chi connectivity index (χ1v) is 7.91. The lowest BCUT2D eigenvalue weighted by molar-refractivity contribution is 0.689. The molecular weight excluding hydrogens is 240 g/mol. The van der Waals surface area contributed by atoms with Crippen molar-refractivity contribution in [1.82, 2.24) is 0 Å². The van der Waals surface area contributed by atoms with Gasteiger partial charge in [0.15, 0.2) is 0 Å². The maximum absolute atomic E-state index is 8.85. The van der Waals surface area contributed by atoms with Crippen molar-refractivity contribution in [3.63, 3.8) is 0 Å². The van der Waals surface area contributed by atoms with Crippen LogP contribution in [-0.4, -0.2) is 18.6 Å². The van der Waals surface area contributed by atoms with Crippen LogP contribution < -0.4 is 5.32 Å². The van der Waals surface area contributed by atoms with Gasteiger partial charge in [0.25, 0.3) is 0 Å². The minimum Gasteiger partial charge on any atom is -0.385 e. The van der Waals surface area contributed by atoms with Crippen LogP contribution in [0.1, 0.15) is 36.8 Å². The van der Waals surface area contributed by atoms with Crippen LogP contribution in [0.15, 0.2) is 18.2 Å². The molecule has 0 amide bonds. The molecule has 0 radical (unpaired) electrons. The highest BCUT2D eigenvalue weighted by molar-refractivity contribution is 7.98. The number of rotatable bonds is 8. The van der Waals surface area contributed by atoms with Crippen LogP contribution in [0.5, 0.6) is 0 Å². The van der Waals surface area contributed by atoms with Crippen molar-refractivity contribution in [2.24, 2.45) is 0 Å². The highest BCUT2D eigenvalue weighted by atomic mass is 32.2. The molecule has 18 heavy (non-hydrogen) atoms. The average molecular weight is 262 g/mol. The van der Waals surface area contributed by atoms with Gasteiger partial charge in [0, 0.05) is 12.2 Å². The molecule has 0 atom stereocenters. The van der Waals surface area contributed by atoms with Gasteiger partial charge in [0.2, 0.25) is 0 Å². The van der Waals surface area contributed by atoms with Crippen molar-refractivity contribution >= 4 is 17.4 Å². The first kappa shape index (κ1) is 14.9. The molecule has 0 fully saturated rings. The molecule has 1 aromatic rings. The fourth-order valence-electron chi connectivity index (χ4n) is 1.86. The van der Waals surface area contributed by atoms with Crippen LogP contribution in [0.2, 0.25) is 0 Å². The molecule has 0 aliphatic carbocycles. The zero-order valence-corrected chi connectivity index (χ0v) is 12.1. The number of hydrogen-bond acceptors (Lipinski definition) is 3. The zero-order chi connectivity index (χ0) is 13.2. The quantitative estimate of drug-likeness (QED) is 0.713. The van der Waals surface area contributed by atoms with Gasteiger partial charge in [-0.2, -0.15) is 17.0 Å². The van der Waals surface area contributed by atoms with Crippen molar-refractivity contribution in [2.45, 2.75) is 32.6 Å². The second-order valence-corrected chi connectivity index (χ2v) is 5.46. The molecule has 2 nitrogen and oxygen atoms in total. The molecule has 0 spiro atoms. The minimum absolute atomic E-state index is 0.762. The molecule has 0 saturated carbocycles. The third-order valence-corrected chi connectivity index (χ3v) is 3.65. The molecule has 0 aromatic heterocycles. The third kappa shape index (κ3) is 5.46. The first-order valence-electron chi connectivity index (χ1n) is 6.51. The van der Waals surface area contributed by atoms with Crippen LogP contribution >= 0.6 is 11.8 Å². The number of thioether (sulfide) groups is 1. The zero-order valence-electron chi connectivity index (χ0n) is 11.3. The maximum atomic E-state index is 8.85. The number of unbranched alkanes of at least 4 members (excludes halogenated alkanes) is 3. The topological polar surface area (TPSA) is 35.8 Å². The van der Waals surface area contributed by atoms with E-state index >= 15 is 0 Å². The Hall–Kier alpha value is -1.14. The second-order valence-electron chi connectivity index (χ2n) is 4.48. The number of anilines is 1. The Labute approximate surface area is 115 Å². The van der Waals surface area contributed by atoms with Gasteiger partial charge in [-0.25, -0.2) is 0 Å². The van der Waals surface area contributed by atoms with E-state index in [1.165, 1.54) is 31.4 Å². The monoisotopic (exact) mass is 262 g/mol. The highest BCUT2D eigenvalue weighted by Gasteiger charge is 1.98. The average Bonchev–Trinajstić information content (AvgIpc) is 2.38. The van der Waals surface area contributed by atoms with E-state index in [1.807, 2.05) is 36.9 Å². The molecule has 0 unspecified atom stereocenters. The molecule has 0 bridgehead atoms. The lowest BCUT2D eigenvalue weighted by atomic mass is 10.1. The number of benzene rings is 1. The molecule has 1 N–H and O–H groups in total. The number of aryl methyl sites for hydroxylation is 1. The second kappa shape index (κ2) is 8.88. The normalized spacial score (nSPS) is 10.1. The molecule has 0 aliphatic heterocycles. The highest BCUT2D eigenvalue weighted by Crippen LogP contribution is 2.14. The summed E-state index contributed by atoms with van der Waals surface area (Å²) in [6.07, 6.45) is 7.33. The summed E-state index contributed by atoms with van der Waals surface area (Å²) >= 11 is 1.93. The van der Waals surface area contributed by atoms with Crippen LogP contribution in [0.3, 0.4) is 0 Å². The summed E-state index contributed by atoms with van der Waals surface area (Å²) < 4.78 is 0. The van der Waals surface area contributed by atoms with Crippen molar-refractivity contribution in [2.75, 3.05) is 23.9 Å². The molecule has 3 heteroatoms. The summed E-state index contributed by atoms with van der Waals surface area (Å²) in [5, 5.41) is 12.3. The van der Waals surface area contributed by atoms with Gasteiger partial charge in [-0.3, -0.25) is 0 Å². The summed E-state index contributed by atoms with van der Waals surface area (Å²) in [5.41, 5.74) is 2.93. The van der Waals surface area contributed by atoms with Crippen molar-refractivity contribution < 1.29 is 0 Å². The van der Waals surface area contributed by atoms with E-state index in [0.717, 1.165) is 23.4 Å². The predicted molar refractivity (Wildman–Crippen MR) is 81.2 cm³/mol. The fraction of sp³-hybridized carbons (Fsp3) is 0.533. The standard InChI is InChI=1S/C15H22N2S/c1-13-11-15(8-7-14(13)12-16)17-9-5-3-4-6-10-18-2/h7-8,11,17H,3-6,9-10H2,1-2H3. The lowest BCUT2D eigenvalue weighted by Crippen LogP contribution is -2.02. The molecule has 98 valence electrons. The van der Waals surface area contributed by atoms with E-state index in [2.05, 4.69) is 17.6 Å². The van der Waals surface area contributed by atoms with Crippen molar-refractivity contribution in [3.05, 3.63) is 29.3 Å². The molecule has 1 aromatic carbocycles. The first-order chi connectivity index (χ1) is 8.77. The Balaban J connectivity index is 2.20. The predicted octanol–water partition coefficient (Wildman–Crippen LogP) is 4.20. The van der Waals surface area contributed by atoms with Gasteiger partial charge < -0.3 is 5.32 Å². The molecular formula is C15H22N2S. The van der Waals surface area contributed by atoms with Gasteiger partial charge in [-0.1, -0.05) is 12.8 Å². The van der Waals surface area contributed by atoms with Crippen molar-refractivity contribution in [3.8, 4) is 6.07 Å². The summed E-state index contributed by atoms with van der Waals surface area (Å²) in [6, 6.07) is 8.11. The molecule has 0 heterocycles. The van der Waals surface area contributed by atoms with Gasteiger partial charge in [0.05, 0.1) is 11.6 Å². The summed E-state index contributed by atoms with van der Waals surface area (Å²) in [4.78, 5) is 0. The summed E-state index contributed by atoms with van der Waals surface area (Å²) in [6.45, 7) is 3.00. The minimum atomic E-state index is 0.762. The van der Waals surface area contributed by atoms with Gasteiger partial charge in [-0.05, 0) is 55.5 Å². The van der Waals surface area contributed by atoms with E-state index in [9.17, 15) is 0 Å². The third-order valence-electron chi connectivity index (χ3n) is 2.95. The van der Waals surface area contributed by atoms with Gasteiger partial charge in [0.1, 0.15) is 0 Å². The Kier molecular flexibility index (Phi) is 7.36. The van der Waals surface area contributed by atoms with E-state index in [1.54, 1.807) is 0 Å². The number of nitrogens with zero attached hydrogens (tertiary/aromatic N) is 1. The number of nitrogens with one attached hydrogen (secondary N) is 1. The van der Waals surface area contributed by atoms with E-state index in [-0.39, 0.29) is 0 Å². The SMILES string of the molecule is CSCCCCCCNc1ccc(C#N)c(C)c1. The smallest absolute Gasteiger partial charge is 0.0994 e. The molecule has 0 saturated heterocycles. The van der Waals surface area contributed by atoms with Crippen LogP contribution in [-0.2, 0) is 0 Å². The van der Waals surface area contributed by atoms with Crippen molar-refractivity contribution in [1.29, 1.82) is 5.26 Å². The summed E-state index contributed by atoms with van der Waals surface area (Å²) in [7, 11) is 0. The maximum Gasteiger partial charge on any atom is 0.0994 e. The van der Waals surface area contributed by atoms with E-state index in [0.29, 0.717) is 0 Å².